The average Bonchev–Trinajstić information content (AvgIpc) is 3.21. The lowest BCUT2D eigenvalue weighted by atomic mass is 9.87. The van der Waals surface area contributed by atoms with E-state index in [1.807, 2.05) is 49.4 Å². The van der Waals surface area contributed by atoms with Crippen molar-refractivity contribution in [1.29, 1.82) is 0 Å². The summed E-state index contributed by atoms with van der Waals surface area (Å²) >= 11 is 6.26. The van der Waals surface area contributed by atoms with Crippen LogP contribution in [0.5, 0.6) is 11.5 Å². The van der Waals surface area contributed by atoms with Crippen molar-refractivity contribution in [2.45, 2.75) is 52.6 Å². The molecular formula is C28H31ClN4O3. The SMILES string of the molecule is COc1ccc(-n2nc3cc(C)c(NC(=O)C(C)(C)Oc4ccc(C(C)(C)C)cc4)cc3n2)cc1Cl. The maximum absolute atomic E-state index is 13.2. The van der Waals surface area contributed by atoms with Gasteiger partial charge in [0.1, 0.15) is 22.5 Å². The minimum atomic E-state index is -1.10. The van der Waals surface area contributed by atoms with Crippen molar-refractivity contribution >= 4 is 34.2 Å². The van der Waals surface area contributed by atoms with Gasteiger partial charge in [0.25, 0.3) is 5.91 Å². The van der Waals surface area contributed by atoms with Gasteiger partial charge in [-0.3, -0.25) is 4.79 Å². The minimum absolute atomic E-state index is 0.0447. The first kappa shape index (κ1) is 25.5. The second-order valence-electron chi connectivity index (χ2n) is 10.3. The number of aromatic nitrogens is 3. The first-order valence-electron chi connectivity index (χ1n) is 11.7. The van der Waals surface area contributed by atoms with E-state index in [0.717, 1.165) is 5.56 Å². The highest BCUT2D eigenvalue weighted by Gasteiger charge is 2.31. The molecule has 0 aliphatic heterocycles. The molecule has 3 aromatic carbocycles. The highest BCUT2D eigenvalue weighted by Crippen LogP contribution is 2.29. The monoisotopic (exact) mass is 506 g/mol. The molecule has 0 bridgehead atoms. The number of anilines is 1. The molecule has 0 atom stereocenters. The van der Waals surface area contributed by atoms with Crippen LogP contribution in [0.3, 0.4) is 0 Å². The molecule has 7 nitrogen and oxygen atoms in total. The second kappa shape index (κ2) is 9.47. The number of carbonyl (C=O) groups is 1. The summed E-state index contributed by atoms with van der Waals surface area (Å²) in [6.45, 7) is 11.9. The molecule has 0 saturated carbocycles. The van der Waals surface area contributed by atoms with Gasteiger partial charge in [0.05, 0.1) is 17.8 Å². The van der Waals surface area contributed by atoms with E-state index in [-0.39, 0.29) is 11.3 Å². The molecule has 1 heterocycles. The van der Waals surface area contributed by atoms with Crippen LogP contribution in [0.15, 0.2) is 54.6 Å². The number of hydrogen-bond acceptors (Lipinski definition) is 5. The fourth-order valence-corrected chi connectivity index (χ4v) is 3.99. The Bertz CT molecular complexity index is 1420. The third kappa shape index (κ3) is 5.31. The lowest BCUT2D eigenvalue weighted by Crippen LogP contribution is -2.42. The van der Waals surface area contributed by atoms with Gasteiger partial charge in [0, 0.05) is 5.69 Å². The molecule has 8 heteroatoms. The minimum Gasteiger partial charge on any atom is -0.495 e. The van der Waals surface area contributed by atoms with Crippen molar-refractivity contribution < 1.29 is 14.3 Å². The van der Waals surface area contributed by atoms with Crippen molar-refractivity contribution in [3.63, 3.8) is 0 Å². The number of methoxy groups -OCH3 is 1. The van der Waals surface area contributed by atoms with Crippen LogP contribution >= 0.6 is 11.6 Å². The second-order valence-corrected chi connectivity index (χ2v) is 10.7. The van der Waals surface area contributed by atoms with Crippen LogP contribution in [0.2, 0.25) is 5.02 Å². The molecule has 4 rings (SSSR count). The largest absolute Gasteiger partial charge is 0.495 e. The van der Waals surface area contributed by atoms with Crippen LogP contribution in [0.25, 0.3) is 16.7 Å². The molecule has 0 aliphatic rings. The van der Waals surface area contributed by atoms with E-state index in [9.17, 15) is 4.79 Å². The molecule has 1 amide bonds. The maximum atomic E-state index is 13.2. The quantitative estimate of drug-likeness (QED) is 0.323. The zero-order valence-corrected chi connectivity index (χ0v) is 22.4. The van der Waals surface area contributed by atoms with Crippen molar-refractivity contribution in [2.24, 2.45) is 0 Å². The summed E-state index contributed by atoms with van der Waals surface area (Å²) in [6.07, 6.45) is 0. The standard InChI is InChI=1S/C28H31ClN4O3/c1-17-14-23-24(32-33(31-23)19-10-13-25(35-7)21(29)15-19)16-22(17)30-26(34)28(5,6)36-20-11-8-18(9-12-20)27(2,3)4/h8-16H,1-7H3,(H,30,34). The Morgan fingerprint density at radius 1 is 0.944 bits per heavy atom. The Labute approximate surface area is 216 Å². The van der Waals surface area contributed by atoms with Crippen LogP contribution in [0.4, 0.5) is 5.69 Å². The Hall–Kier alpha value is -3.58. The zero-order chi connectivity index (χ0) is 26.3. The van der Waals surface area contributed by atoms with Gasteiger partial charge in [0.2, 0.25) is 0 Å². The number of fused-ring (bicyclic) bond motifs is 1. The number of benzene rings is 3. The third-order valence-corrected chi connectivity index (χ3v) is 6.28. The Balaban J connectivity index is 1.54. The topological polar surface area (TPSA) is 78.3 Å². The van der Waals surface area contributed by atoms with Crippen LogP contribution in [-0.2, 0) is 10.2 Å². The zero-order valence-electron chi connectivity index (χ0n) is 21.6. The fraction of sp³-hybridized carbons (Fsp3) is 0.321. The van der Waals surface area contributed by atoms with E-state index in [2.05, 4.69) is 36.3 Å². The Kier molecular flexibility index (Phi) is 6.71. The van der Waals surface area contributed by atoms with E-state index in [4.69, 9.17) is 21.1 Å². The summed E-state index contributed by atoms with van der Waals surface area (Å²) in [5.74, 6) is 0.948. The predicted molar refractivity (Wildman–Crippen MR) is 144 cm³/mol. The van der Waals surface area contributed by atoms with Crippen molar-refractivity contribution in [1.82, 2.24) is 15.0 Å². The molecule has 0 aliphatic carbocycles. The first-order chi connectivity index (χ1) is 16.9. The summed E-state index contributed by atoms with van der Waals surface area (Å²) in [6, 6.07) is 16.9. The molecule has 4 aromatic rings. The van der Waals surface area contributed by atoms with Gasteiger partial charge in [-0.25, -0.2) is 0 Å². The van der Waals surface area contributed by atoms with Gasteiger partial charge in [-0.2, -0.15) is 4.80 Å². The molecule has 36 heavy (non-hydrogen) atoms. The van der Waals surface area contributed by atoms with E-state index >= 15 is 0 Å². The predicted octanol–water partition coefficient (Wildman–Crippen LogP) is 6.48. The Morgan fingerprint density at radius 3 is 2.17 bits per heavy atom. The number of carbonyl (C=O) groups excluding carboxylic acids is 1. The van der Waals surface area contributed by atoms with E-state index in [1.54, 1.807) is 33.1 Å². The lowest BCUT2D eigenvalue weighted by molar-refractivity contribution is -0.128. The highest BCUT2D eigenvalue weighted by molar-refractivity contribution is 6.32. The molecule has 1 N–H and O–H groups in total. The lowest BCUT2D eigenvalue weighted by Gasteiger charge is -2.26. The van der Waals surface area contributed by atoms with E-state index < -0.39 is 5.60 Å². The van der Waals surface area contributed by atoms with Crippen molar-refractivity contribution in [2.75, 3.05) is 12.4 Å². The number of amides is 1. The van der Waals surface area contributed by atoms with Crippen LogP contribution in [0.1, 0.15) is 45.7 Å². The van der Waals surface area contributed by atoms with Crippen molar-refractivity contribution in [3.05, 3.63) is 70.7 Å². The van der Waals surface area contributed by atoms with Gasteiger partial charge in [-0.05, 0) is 79.8 Å². The number of ether oxygens (including phenoxy) is 2. The molecule has 0 fully saturated rings. The number of nitrogens with zero attached hydrogens (tertiary/aromatic N) is 3. The summed E-state index contributed by atoms with van der Waals surface area (Å²) in [5.41, 5.74) is 3.70. The molecule has 188 valence electrons. The van der Waals surface area contributed by atoms with Gasteiger partial charge < -0.3 is 14.8 Å². The van der Waals surface area contributed by atoms with Gasteiger partial charge in [-0.1, -0.05) is 44.5 Å². The van der Waals surface area contributed by atoms with Crippen LogP contribution in [-0.4, -0.2) is 33.6 Å². The molecular weight excluding hydrogens is 476 g/mol. The van der Waals surface area contributed by atoms with Gasteiger partial charge in [-0.15, -0.1) is 10.2 Å². The maximum Gasteiger partial charge on any atom is 0.267 e. The van der Waals surface area contributed by atoms with Gasteiger partial charge in [0.15, 0.2) is 5.60 Å². The number of nitrogens with one attached hydrogen (secondary N) is 1. The Morgan fingerprint density at radius 2 is 1.58 bits per heavy atom. The van der Waals surface area contributed by atoms with Crippen LogP contribution in [0, 0.1) is 6.92 Å². The smallest absolute Gasteiger partial charge is 0.267 e. The summed E-state index contributed by atoms with van der Waals surface area (Å²) in [4.78, 5) is 14.7. The van der Waals surface area contributed by atoms with Crippen molar-refractivity contribution in [3.8, 4) is 17.2 Å². The molecule has 0 spiro atoms. The third-order valence-electron chi connectivity index (χ3n) is 5.98. The normalized spacial score (nSPS) is 12.0. The first-order valence-corrected chi connectivity index (χ1v) is 12.1. The highest BCUT2D eigenvalue weighted by atomic mass is 35.5. The fourth-order valence-electron chi connectivity index (χ4n) is 3.73. The number of halogens is 1. The van der Waals surface area contributed by atoms with Crippen LogP contribution < -0.4 is 14.8 Å². The number of hydrogen-bond donors (Lipinski definition) is 1. The summed E-state index contributed by atoms with van der Waals surface area (Å²) in [5, 5.41) is 12.6. The molecule has 1 aromatic heterocycles. The number of rotatable bonds is 6. The van der Waals surface area contributed by atoms with E-state index in [0.29, 0.717) is 38.9 Å². The molecule has 0 saturated heterocycles. The molecule has 0 unspecified atom stereocenters. The van der Waals surface area contributed by atoms with Gasteiger partial charge >= 0.3 is 0 Å². The average molecular weight is 507 g/mol. The summed E-state index contributed by atoms with van der Waals surface area (Å²) < 4.78 is 11.3. The molecule has 0 radical (unpaired) electrons. The van der Waals surface area contributed by atoms with E-state index in [1.165, 1.54) is 10.4 Å². The summed E-state index contributed by atoms with van der Waals surface area (Å²) in [7, 11) is 1.56. The number of aryl methyl sites for hydroxylation is 1.